The molecule has 4 heteroatoms. The van der Waals surface area contributed by atoms with Crippen molar-refractivity contribution >= 4 is 5.91 Å². The number of piperidine rings is 1. The van der Waals surface area contributed by atoms with Crippen molar-refractivity contribution in [3.63, 3.8) is 0 Å². The lowest BCUT2D eigenvalue weighted by Gasteiger charge is -2.39. The van der Waals surface area contributed by atoms with E-state index in [0.29, 0.717) is 24.5 Å². The first-order valence-electron chi connectivity index (χ1n) is 7.42. The fourth-order valence-electron chi connectivity index (χ4n) is 3.14. The third-order valence-electron chi connectivity index (χ3n) is 4.39. The quantitative estimate of drug-likeness (QED) is 0.799. The van der Waals surface area contributed by atoms with Crippen LogP contribution in [0.3, 0.4) is 0 Å². The Bertz CT molecular complexity index is 264. The largest absolute Gasteiger partial charge is 0.340 e. The van der Waals surface area contributed by atoms with Crippen LogP contribution in [0, 0.1) is 0 Å². The van der Waals surface area contributed by atoms with Crippen LogP contribution in [0.5, 0.6) is 0 Å². The molecule has 0 aromatic heterocycles. The van der Waals surface area contributed by atoms with Crippen LogP contribution in [0.25, 0.3) is 0 Å². The van der Waals surface area contributed by atoms with Gasteiger partial charge in [0.25, 0.3) is 0 Å². The van der Waals surface area contributed by atoms with Gasteiger partial charge in [0.1, 0.15) is 0 Å². The Hall–Kier alpha value is -0.610. The predicted octanol–water partition coefficient (Wildman–Crippen LogP) is 1.07. The van der Waals surface area contributed by atoms with E-state index in [1.165, 1.54) is 19.3 Å². The average molecular weight is 253 g/mol. The van der Waals surface area contributed by atoms with Gasteiger partial charge in [0, 0.05) is 31.7 Å². The molecule has 1 amide bonds. The van der Waals surface area contributed by atoms with Crippen LogP contribution < -0.4 is 5.32 Å². The van der Waals surface area contributed by atoms with Gasteiger partial charge < -0.3 is 10.2 Å². The summed E-state index contributed by atoms with van der Waals surface area (Å²) in [6.07, 6.45) is 4.86. The van der Waals surface area contributed by atoms with Crippen LogP contribution in [0.4, 0.5) is 0 Å². The fourth-order valence-corrected chi connectivity index (χ4v) is 3.14. The highest BCUT2D eigenvalue weighted by Crippen LogP contribution is 2.22. The zero-order valence-corrected chi connectivity index (χ0v) is 11.8. The molecule has 0 saturated carbocycles. The molecule has 2 rings (SSSR count). The topological polar surface area (TPSA) is 35.6 Å². The van der Waals surface area contributed by atoms with Crippen molar-refractivity contribution in [3.05, 3.63) is 0 Å². The number of likely N-dealkylation sites (tertiary alicyclic amines) is 1. The van der Waals surface area contributed by atoms with E-state index in [2.05, 4.69) is 24.1 Å². The highest BCUT2D eigenvalue weighted by Gasteiger charge is 2.28. The molecule has 2 aliphatic rings. The first kappa shape index (κ1) is 13.8. The monoisotopic (exact) mass is 253 g/mol. The summed E-state index contributed by atoms with van der Waals surface area (Å²) >= 11 is 0. The number of carbonyl (C=O) groups is 1. The van der Waals surface area contributed by atoms with Gasteiger partial charge in [-0.3, -0.25) is 9.69 Å². The highest BCUT2D eigenvalue weighted by atomic mass is 16.2. The molecule has 104 valence electrons. The van der Waals surface area contributed by atoms with Gasteiger partial charge in [-0.05, 0) is 39.7 Å². The second-order valence-electron chi connectivity index (χ2n) is 5.79. The van der Waals surface area contributed by atoms with Crippen molar-refractivity contribution in [3.8, 4) is 0 Å². The van der Waals surface area contributed by atoms with Gasteiger partial charge in [0.05, 0.1) is 6.54 Å². The molecule has 0 aromatic carbocycles. The van der Waals surface area contributed by atoms with Crippen LogP contribution >= 0.6 is 0 Å². The Balaban J connectivity index is 1.88. The van der Waals surface area contributed by atoms with E-state index < -0.39 is 0 Å². The Labute approximate surface area is 111 Å². The molecule has 2 fully saturated rings. The molecule has 0 bridgehead atoms. The summed E-state index contributed by atoms with van der Waals surface area (Å²) in [4.78, 5) is 16.8. The van der Waals surface area contributed by atoms with Crippen LogP contribution in [0.15, 0.2) is 0 Å². The minimum absolute atomic E-state index is 0.319. The first-order valence-corrected chi connectivity index (χ1v) is 7.42. The van der Waals surface area contributed by atoms with Crippen LogP contribution in [0.2, 0.25) is 0 Å². The van der Waals surface area contributed by atoms with Gasteiger partial charge in [0.2, 0.25) is 5.91 Å². The molecule has 18 heavy (non-hydrogen) atoms. The lowest BCUT2D eigenvalue weighted by Crippen LogP contribution is -2.50. The predicted molar refractivity (Wildman–Crippen MR) is 73.5 cm³/mol. The van der Waals surface area contributed by atoms with Gasteiger partial charge in [-0.25, -0.2) is 0 Å². The molecule has 2 aliphatic heterocycles. The number of amides is 1. The van der Waals surface area contributed by atoms with Gasteiger partial charge >= 0.3 is 0 Å². The maximum absolute atomic E-state index is 12.4. The van der Waals surface area contributed by atoms with Gasteiger partial charge in [-0.15, -0.1) is 0 Å². The Morgan fingerprint density at radius 3 is 2.56 bits per heavy atom. The molecule has 4 nitrogen and oxygen atoms in total. The van der Waals surface area contributed by atoms with E-state index in [1.54, 1.807) is 0 Å². The number of nitrogens with zero attached hydrogens (tertiary/aromatic N) is 2. The summed E-state index contributed by atoms with van der Waals surface area (Å²) < 4.78 is 0. The summed E-state index contributed by atoms with van der Waals surface area (Å²) in [6.45, 7) is 8.90. The number of nitrogens with one attached hydrogen (secondary N) is 1. The summed E-state index contributed by atoms with van der Waals surface area (Å²) in [7, 11) is 0. The van der Waals surface area contributed by atoms with Crippen molar-refractivity contribution in [2.45, 2.75) is 51.6 Å². The van der Waals surface area contributed by atoms with E-state index in [-0.39, 0.29) is 0 Å². The van der Waals surface area contributed by atoms with Crippen molar-refractivity contribution in [1.29, 1.82) is 0 Å². The Morgan fingerprint density at radius 2 is 1.83 bits per heavy atom. The zero-order chi connectivity index (χ0) is 13.0. The lowest BCUT2D eigenvalue weighted by molar-refractivity contribution is -0.133. The minimum atomic E-state index is 0.319. The Morgan fingerprint density at radius 1 is 1.11 bits per heavy atom. The summed E-state index contributed by atoms with van der Waals surface area (Å²) in [5.74, 6) is 0.319. The SMILES string of the molecule is CC1CCCC(C)N1CC(=O)N1CCCNCC1. The summed E-state index contributed by atoms with van der Waals surface area (Å²) in [6, 6.07) is 1.12. The van der Waals surface area contributed by atoms with Crippen molar-refractivity contribution < 1.29 is 4.79 Å². The van der Waals surface area contributed by atoms with E-state index in [1.807, 2.05) is 4.90 Å². The number of carbonyl (C=O) groups excluding carboxylic acids is 1. The van der Waals surface area contributed by atoms with Gasteiger partial charge in [-0.1, -0.05) is 6.42 Å². The molecular weight excluding hydrogens is 226 g/mol. The number of hydrogen-bond acceptors (Lipinski definition) is 3. The molecule has 0 radical (unpaired) electrons. The molecule has 0 aromatic rings. The molecular formula is C14H27N3O. The van der Waals surface area contributed by atoms with Crippen molar-refractivity contribution in [2.24, 2.45) is 0 Å². The van der Waals surface area contributed by atoms with E-state index in [0.717, 1.165) is 32.6 Å². The summed E-state index contributed by atoms with van der Waals surface area (Å²) in [5, 5.41) is 3.35. The number of hydrogen-bond donors (Lipinski definition) is 1. The molecule has 1 N–H and O–H groups in total. The molecule has 2 heterocycles. The second-order valence-corrected chi connectivity index (χ2v) is 5.79. The third kappa shape index (κ3) is 3.45. The zero-order valence-electron chi connectivity index (χ0n) is 11.8. The van der Waals surface area contributed by atoms with Crippen LogP contribution in [0.1, 0.15) is 39.5 Å². The molecule has 0 aliphatic carbocycles. The van der Waals surface area contributed by atoms with E-state index >= 15 is 0 Å². The van der Waals surface area contributed by atoms with Crippen molar-refractivity contribution in [2.75, 3.05) is 32.7 Å². The fraction of sp³-hybridized carbons (Fsp3) is 0.929. The second kappa shape index (κ2) is 6.53. The number of rotatable bonds is 2. The maximum Gasteiger partial charge on any atom is 0.236 e. The van der Waals surface area contributed by atoms with Crippen LogP contribution in [-0.2, 0) is 4.79 Å². The molecule has 0 spiro atoms. The normalized spacial score (nSPS) is 31.1. The molecule has 2 unspecified atom stereocenters. The smallest absolute Gasteiger partial charge is 0.236 e. The van der Waals surface area contributed by atoms with E-state index in [9.17, 15) is 4.79 Å². The van der Waals surface area contributed by atoms with Crippen molar-refractivity contribution in [1.82, 2.24) is 15.1 Å². The highest BCUT2D eigenvalue weighted by molar-refractivity contribution is 5.78. The first-order chi connectivity index (χ1) is 8.68. The van der Waals surface area contributed by atoms with Gasteiger partial charge in [0.15, 0.2) is 0 Å². The lowest BCUT2D eigenvalue weighted by atomic mass is 9.97. The molecule has 2 atom stereocenters. The maximum atomic E-state index is 12.4. The molecule has 2 saturated heterocycles. The minimum Gasteiger partial charge on any atom is -0.340 e. The Kier molecular flexibility index (Phi) is 5.01. The van der Waals surface area contributed by atoms with Gasteiger partial charge in [-0.2, -0.15) is 0 Å². The average Bonchev–Trinajstić information content (AvgIpc) is 2.62. The third-order valence-corrected chi connectivity index (χ3v) is 4.39. The van der Waals surface area contributed by atoms with Crippen LogP contribution in [-0.4, -0.2) is 60.5 Å². The standard InChI is InChI=1S/C14H27N3O/c1-12-5-3-6-13(2)17(12)11-14(18)16-9-4-7-15-8-10-16/h12-13,15H,3-11H2,1-2H3. The van der Waals surface area contributed by atoms with E-state index in [4.69, 9.17) is 0 Å². The summed E-state index contributed by atoms with van der Waals surface area (Å²) in [5.41, 5.74) is 0.